The van der Waals surface area contributed by atoms with Gasteiger partial charge in [-0.1, -0.05) is 0 Å². The number of nitrogens with zero attached hydrogens (tertiary/aromatic N) is 1. The topological polar surface area (TPSA) is 72.6 Å². The summed E-state index contributed by atoms with van der Waals surface area (Å²) in [5.41, 5.74) is 6.27. The van der Waals surface area contributed by atoms with E-state index in [0.717, 1.165) is 12.8 Å². The second-order valence-corrected chi connectivity index (χ2v) is 5.46. The molecular formula is C13H18N2O3S. The van der Waals surface area contributed by atoms with Gasteiger partial charge in [0, 0.05) is 13.1 Å². The van der Waals surface area contributed by atoms with Crippen LogP contribution in [0.3, 0.4) is 0 Å². The molecule has 0 aliphatic carbocycles. The molecule has 2 N–H and O–H groups in total. The molecule has 0 aromatic carbocycles. The Morgan fingerprint density at radius 2 is 2.37 bits per heavy atom. The van der Waals surface area contributed by atoms with Crippen molar-refractivity contribution in [2.75, 3.05) is 25.4 Å². The quantitative estimate of drug-likeness (QED) is 0.857. The van der Waals surface area contributed by atoms with Crippen molar-refractivity contribution in [3.63, 3.8) is 0 Å². The van der Waals surface area contributed by atoms with E-state index in [1.54, 1.807) is 23.3 Å². The molecule has 1 unspecified atom stereocenters. The number of thiophene rings is 1. The zero-order valence-corrected chi connectivity index (χ0v) is 11.7. The van der Waals surface area contributed by atoms with Gasteiger partial charge in [-0.2, -0.15) is 0 Å². The van der Waals surface area contributed by atoms with Gasteiger partial charge in [-0.05, 0) is 31.2 Å². The predicted octanol–water partition coefficient (Wildman–Crippen LogP) is 1.75. The average Bonchev–Trinajstić information content (AvgIpc) is 2.84. The summed E-state index contributed by atoms with van der Waals surface area (Å²) in [5, 5.41) is 1.80. The van der Waals surface area contributed by atoms with Gasteiger partial charge in [0.1, 0.15) is 4.88 Å². The van der Waals surface area contributed by atoms with E-state index >= 15 is 0 Å². The Morgan fingerprint density at radius 1 is 1.58 bits per heavy atom. The minimum Gasteiger partial charge on any atom is -0.466 e. The predicted molar refractivity (Wildman–Crippen MR) is 74.0 cm³/mol. The molecule has 2 rings (SSSR count). The van der Waals surface area contributed by atoms with Crippen molar-refractivity contribution in [1.82, 2.24) is 4.90 Å². The lowest BCUT2D eigenvalue weighted by Gasteiger charge is -2.31. The normalized spacial score (nSPS) is 19.2. The summed E-state index contributed by atoms with van der Waals surface area (Å²) in [6.45, 7) is 3.26. The van der Waals surface area contributed by atoms with Crippen LogP contribution in [0.15, 0.2) is 11.4 Å². The van der Waals surface area contributed by atoms with Crippen LogP contribution in [0, 0.1) is 5.92 Å². The van der Waals surface area contributed by atoms with Gasteiger partial charge in [0.25, 0.3) is 5.91 Å². The smallest absolute Gasteiger partial charge is 0.310 e. The molecule has 1 aliphatic heterocycles. The van der Waals surface area contributed by atoms with E-state index in [0.29, 0.717) is 30.3 Å². The molecule has 0 saturated carbocycles. The molecule has 0 spiro atoms. The number of piperidine rings is 1. The lowest BCUT2D eigenvalue weighted by Crippen LogP contribution is -2.42. The molecule has 1 aromatic heterocycles. The maximum absolute atomic E-state index is 12.3. The molecule has 1 aromatic rings. The first kappa shape index (κ1) is 13.9. The first-order chi connectivity index (χ1) is 9.13. The fourth-order valence-corrected chi connectivity index (χ4v) is 3.04. The maximum atomic E-state index is 12.3. The second-order valence-electron chi connectivity index (χ2n) is 4.55. The highest BCUT2D eigenvalue weighted by Gasteiger charge is 2.30. The SMILES string of the molecule is CCOC(=O)C1CCCN(C(=O)c2sccc2N)C1. The number of nitrogens with two attached hydrogens (primary N) is 1. The van der Waals surface area contributed by atoms with E-state index in [1.807, 2.05) is 0 Å². The zero-order valence-electron chi connectivity index (χ0n) is 10.9. The van der Waals surface area contributed by atoms with Crippen molar-refractivity contribution in [2.24, 2.45) is 5.92 Å². The molecule has 5 nitrogen and oxygen atoms in total. The fraction of sp³-hybridized carbons (Fsp3) is 0.538. The Labute approximate surface area is 116 Å². The number of esters is 1. The number of carbonyl (C=O) groups is 2. The van der Waals surface area contributed by atoms with Gasteiger partial charge in [-0.3, -0.25) is 9.59 Å². The van der Waals surface area contributed by atoms with Crippen LogP contribution in [0.25, 0.3) is 0 Å². The van der Waals surface area contributed by atoms with Crippen LogP contribution in [0.1, 0.15) is 29.4 Å². The molecule has 1 aliphatic rings. The van der Waals surface area contributed by atoms with Crippen molar-refractivity contribution in [3.05, 3.63) is 16.3 Å². The number of likely N-dealkylation sites (tertiary alicyclic amines) is 1. The molecule has 6 heteroatoms. The molecular weight excluding hydrogens is 264 g/mol. The van der Waals surface area contributed by atoms with E-state index < -0.39 is 0 Å². The Hall–Kier alpha value is -1.56. The molecule has 0 bridgehead atoms. The van der Waals surface area contributed by atoms with Crippen LogP contribution < -0.4 is 5.73 Å². The zero-order chi connectivity index (χ0) is 13.8. The number of amides is 1. The highest BCUT2D eigenvalue weighted by Crippen LogP contribution is 2.25. The number of nitrogen functional groups attached to an aromatic ring is 1. The van der Waals surface area contributed by atoms with E-state index in [-0.39, 0.29) is 17.8 Å². The summed E-state index contributed by atoms with van der Waals surface area (Å²) >= 11 is 1.34. The van der Waals surface area contributed by atoms with Gasteiger partial charge in [-0.25, -0.2) is 0 Å². The summed E-state index contributed by atoms with van der Waals surface area (Å²) < 4.78 is 5.02. The standard InChI is InChI=1S/C13H18N2O3S/c1-2-18-13(17)9-4-3-6-15(8-9)12(16)11-10(14)5-7-19-11/h5,7,9H,2-4,6,8,14H2,1H3. The van der Waals surface area contributed by atoms with E-state index in [2.05, 4.69) is 0 Å². The van der Waals surface area contributed by atoms with Crippen LogP contribution in [0.4, 0.5) is 5.69 Å². The third-order valence-corrected chi connectivity index (χ3v) is 4.14. The van der Waals surface area contributed by atoms with Crippen molar-refractivity contribution in [3.8, 4) is 0 Å². The third-order valence-electron chi connectivity index (χ3n) is 3.22. The Kier molecular flexibility index (Phi) is 4.42. The number of ether oxygens (including phenoxy) is 1. The van der Waals surface area contributed by atoms with Crippen LogP contribution in [-0.4, -0.2) is 36.5 Å². The number of rotatable bonds is 3. The monoisotopic (exact) mass is 282 g/mol. The number of hydrogen-bond acceptors (Lipinski definition) is 5. The first-order valence-electron chi connectivity index (χ1n) is 6.42. The van der Waals surface area contributed by atoms with Crippen LogP contribution in [-0.2, 0) is 9.53 Å². The van der Waals surface area contributed by atoms with Crippen molar-refractivity contribution >= 4 is 28.9 Å². The molecule has 1 fully saturated rings. The lowest BCUT2D eigenvalue weighted by atomic mass is 9.98. The highest BCUT2D eigenvalue weighted by molar-refractivity contribution is 7.12. The minimum atomic E-state index is -0.209. The van der Waals surface area contributed by atoms with Gasteiger partial charge < -0.3 is 15.4 Å². The molecule has 1 amide bonds. The van der Waals surface area contributed by atoms with E-state index in [4.69, 9.17) is 10.5 Å². The summed E-state index contributed by atoms with van der Waals surface area (Å²) in [5.74, 6) is -0.500. The Bertz CT molecular complexity index is 472. The lowest BCUT2D eigenvalue weighted by molar-refractivity contribution is -0.149. The van der Waals surface area contributed by atoms with Gasteiger partial charge in [0.2, 0.25) is 0 Å². The summed E-state index contributed by atoms with van der Waals surface area (Å²) in [4.78, 5) is 26.3. The average molecular weight is 282 g/mol. The van der Waals surface area contributed by atoms with Crippen molar-refractivity contribution in [1.29, 1.82) is 0 Å². The molecule has 1 atom stereocenters. The highest BCUT2D eigenvalue weighted by atomic mass is 32.1. The molecule has 2 heterocycles. The number of carbonyl (C=O) groups excluding carboxylic acids is 2. The Morgan fingerprint density at radius 3 is 3.00 bits per heavy atom. The van der Waals surface area contributed by atoms with Gasteiger partial charge in [0.15, 0.2) is 0 Å². The van der Waals surface area contributed by atoms with Crippen LogP contribution >= 0.6 is 11.3 Å². The summed E-state index contributed by atoms with van der Waals surface area (Å²) in [6, 6.07) is 1.73. The van der Waals surface area contributed by atoms with Crippen LogP contribution in [0.2, 0.25) is 0 Å². The number of anilines is 1. The van der Waals surface area contributed by atoms with Gasteiger partial charge >= 0.3 is 5.97 Å². The summed E-state index contributed by atoms with van der Waals surface area (Å²) in [6.07, 6.45) is 1.60. The van der Waals surface area contributed by atoms with Crippen molar-refractivity contribution < 1.29 is 14.3 Å². The number of hydrogen-bond donors (Lipinski definition) is 1. The fourth-order valence-electron chi connectivity index (χ4n) is 2.25. The summed E-state index contributed by atoms with van der Waals surface area (Å²) in [7, 11) is 0. The molecule has 1 saturated heterocycles. The van der Waals surface area contributed by atoms with Crippen molar-refractivity contribution in [2.45, 2.75) is 19.8 Å². The van der Waals surface area contributed by atoms with Gasteiger partial charge in [0.05, 0.1) is 18.2 Å². The molecule has 0 radical (unpaired) electrons. The van der Waals surface area contributed by atoms with E-state index in [1.165, 1.54) is 11.3 Å². The third kappa shape index (κ3) is 3.07. The molecule has 19 heavy (non-hydrogen) atoms. The molecule has 104 valence electrons. The Balaban J connectivity index is 2.03. The largest absolute Gasteiger partial charge is 0.466 e. The first-order valence-corrected chi connectivity index (χ1v) is 7.30. The second kappa shape index (κ2) is 6.06. The van der Waals surface area contributed by atoms with Gasteiger partial charge in [-0.15, -0.1) is 11.3 Å². The minimum absolute atomic E-state index is 0.0819. The maximum Gasteiger partial charge on any atom is 0.310 e. The van der Waals surface area contributed by atoms with Crippen LogP contribution in [0.5, 0.6) is 0 Å². The van der Waals surface area contributed by atoms with E-state index in [9.17, 15) is 9.59 Å².